The minimum atomic E-state index is -0.0910. The summed E-state index contributed by atoms with van der Waals surface area (Å²) in [6.07, 6.45) is 1.77. The van der Waals surface area contributed by atoms with Crippen molar-refractivity contribution in [3.63, 3.8) is 0 Å². The topological polar surface area (TPSA) is 37.4 Å². The highest BCUT2D eigenvalue weighted by Gasteiger charge is 2.31. The van der Waals surface area contributed by atoms with E-state index in [0.717, 1.165) is 5.69 Å². The Bertz CT molecular complexity index is 762. The summed E-state index contributed by atoms with van der Waals surface area (Å²) < 4.78 is 0. The van der Waals surface area contributed by atoms with Gasteiger partial charge in [-0.1, -0.05) is 42.5 Å². The summed E-state index contributed by atoms with van der Waals surface area (Å²) in [6, 6.07) is 12.4. The van der Waals surface area contributed by atoms with Crippen LogP contribution in [0.25, 0.3) is 0 Å². The second-order valence-corrected chi connectivity index (χ2v) is 5.07. The zero-order chi connectivity index (χ0) is 15.0. The molecule has 0 radical (unpaired) electrons. The molecule has 0 aromatic heterocycles. The number of ketones is 2. The quantitative estimate of drug-likeness (QED) is 0.690. The lowest BCUT2D eigenvalue weighted by molar-refractivity contribution is 0.0979. The highest BCUT2D eigenvalue weighted by Crippen LogP contribution is 2.33. The molecule has 0 saturated carbocycles. The number of fused-ring (bicyclic) bond motifs is 2. The summed E-state index contributed by atoms with van der Waals surface area (Å²) in [5, 5.41) is 0. The van der Waals surface area contributed by atoms with Crippen LogP contribution in [-0.4, -0.2) is 25.2 Å². The van der Waals surface area contributed by atoms with Gasteiger partial charge in [-0.25, -0.2) is 0 Å². The van der Waals surface area contributed by atoms with Crippen LogP contribution in [-0.2, 0) is 0 Å². The van der Waals surface area contributed by atoms with E-state index in [-0.39, 0.29) is 11.6 Å². The Balaban J connectivity index is 2.23. The van der Waals surface area contributed by atoms with Crippen molar-refractivity contribution in [1.29, 1.82) is 0 Å². The van der Waals surface area contributed by atoms with Gasteiger partial charge in [0, 0.05) is 36.0 Å². The maximum Gasteiger partial charge on any atom is 0.196 e. The van der Waals surface area contributed by atoms with Crippen LogP contribution in [0.2, 0.25) is 0 Å². The van der Waals surface area contributed by atoms with Crippen molar-refractivity contribution >= 4 is 17.3 Å². The highest BCUT2D eigenvalue weighted by atomic mass is 16.1. The van der Waals surface area contributed by atoms with Crippen LogP contribution in [0, 0.1) is 0 Å². The smallest absolute Gasteiger partial charge is 0.196 e. The molecule has 3 nitrogen and oxygen atoms in total. The second kappa shape index (κ2) is 5.02. The standard InChI is InChI=1S/C18H15NO2/c1-3-11-19(2)15-10-6-9-14-16(15)18(21)13-8-5-4-7-12(13)17(14)20/h3-10H,1,11H2,2H3. The van der Waals surface area contributed by atoms with Crippen LogP contribution in [0.3, 0.4) is 0 Å². The largest absolute Gasteiger partial charge is 0.370 e. The Morgan fingerprint density at radius 3 is 2.24 bits per heavy atom. The second-order valence-electron chi connectivity index (χ2n) is 5.07. The van der Waals surface area contributed by atoms with Gasteiger partial charge < -0.3 is 4.90 Å². The number of hydrogen-bond acceptors (Lipinski definition) is 3. The van der Waals surface area contributed by atoms with Crippen molar-refractivity contribution in [2.24, 2.45) is 0 Å². The number of hydrogen-bond donors (Lipinski definition) is 0. The van der Waals surface area contributed by atoms with Gasteiger partial charge in [0.1, 0.15) is 0 Å². The Kier molecular flexibility index (Phi) is 3.18. The third kappa shape index (κ3) is 1.98. The van der Waals surface area contributed by atoms with E-state index in [1.165, 1.54) is 0 Å². The number of carbonyl (C=O) groups is 2. The number of carbonyl (C=O) groups excluding carboxylic acids is 2. The SMILES string of the molecule is C=CCN(C)c1cccc2c1C(=O)c1ccccc1C2=O. The molecule has 0 bridgehead atoms. The number of benzene rings is 2. The van der Waals surface area contributed by atoms with Crippen LogP contribution in [0.5, 0.6) is 0 Å². The molecule has 2 aromatic carbocycles. The van der Waals surface area contributed by atoms with Gasteiger partial charge in [0.25, 0.3) is 0 Å². The maximum atomic E-state index is 12.8. The zero-order valence-electron chi connectivity index (χ0n) is 11.8. The van der Waals surface area contributed by atoms with Crippen LogP contribution >= 0.6 is 0 Å². The van der Waals surface area contributed by atoms with Crippen LogP contribution in [0.4, 0.5) is 5.69 Å². The van der Waals surface area contributed by atoms with Crippen LogP contribution in [0.15, 0.2) is 55.1 Å². The Morgan fingerprint density at radius 2 is 1.57 bits per heavy atom. The average molecular weight is 277 g/mol. The molecule has 0 spiro atoms. The summed E-state index contributed by atoms with van der Waals surface area (Å²) in [7, 11) is 1.88. The van der Waals surface area contributed by atoms with E-state index in [4.69, 9.17) is 0 Å². The fraction of sp³-hybridized carbons (Fsp3) is 0.111. The molecule has 0 aliphatic heterocycles. The zero-order valence-corrected chi connectivity index (χ0v) is 11.8. The van der Waals surface area contributed by atoms with Gasteiger partial charge in [-0.15, -0.1) is 6.58 Å². The first-order valence-electron chi connectivity index (χ1n) is 6.78. The summed E-state index contributed by atoms with van der Waals surface area (Å²) in [5.74, 6) is -0.180. The van der Waals surface area contributed by atoms with Gasteiger partial charge in [-0.05, 0) is 6.07 Å². The van der Waals surface area contributed by atoms with Crippen molar-refractivity contribution in [2.75, 3.05) is 18.5 Å². The lowest BCUT2D eigenvalue weighted by Crippen LogP contribution is -2.26. The third-order valence-corrected chi connectivity index (χ3v) is 3.74. The first-order valence-corrected chi connectivity index (χ1v) is 6.78. The molecule has 0 N–H and O–H groups in total. The molecule has 0 unspecified atom stereocenters. The van der Waals surface area contributed by atoms with Crippen molar-refractivity contribution in [1.82, 2.24) is 0 Å². The van der Waals surface area contributed by atoms with E-state index >= 15 is 0 Å². The third-order valence-electron chi connectivity index (χ3n) is 3.74. The van der Waals surface area contributed by atoms with Crippen LogP contribution in [0.1, 0.15) is 31.8 Å². The van der Waals surface area contributed by atoms with E-state index in [2.05, 4.69) is 6.58 Å². The summed E-state index contributed by atoms with van der Waals surface area (Å²) in [5.41, 5.74) is 2.70. The van der Waals surface area contributed by atoms with Crippen molar-refractivity contribution in [2.45, 2.75) is 0 Å². The predicted molar refractivity (Wildman–Crippen MR) is 83.2 cm³/mol. The molecule has 0 fully saturated rings. The van der Waals surface area contributed by atoms with E-state index < -0.39 is 0 Å². The van der Waals surface area contributed by atoms with Gasteiger partial charge in [-0.2, -0.15) is 0 Å². The molecule has 3 heteroatoms. The minimum absolute atomic E-state index is 0.0888. The van der Waals surface area contributed by atoms with Crippen molar-refractivity contribution in [3.05, 3.63) is 77.4 Å². The maximum absolute atomic E-state index is 12.8. The van der Waals surface area contributed by atoms with Crippen LogP contribution < -0.4 is 4.90 Å². The summed E-state index contributed by atoms with van der Waals surface area (Å²) >= 11 is 0. The Labute approximate surface area is 123 Å². The molecule has 1 aliphatic rings. The lowest BCUT2D eigenvalue weighted by Gasteiger charge is -2.25. The van der Waals surface area contributed by atoms with Gasteiger partial charge >= 0.3 is 0 Å². The number of rotatable bonds is 3. The number of nitrogens with zero attached hydrogens (tertiary/aromatic N) is 1. The molecule has 21 heavy (non-hydrogen) atoms. The molecular formula is C18H15NO2. The Hall–Kier alpha value is -2.68. The lowest BCUT2D eigenvalue weighted by atomic mass is 9.83. The van der Waals surface area contributed by atoms with Gasteiger partial charge in [0.15, 0.2) is 11.6 Å². The fourth-order valence-corrected chi connectivity index (χ4v) is 2.74. The molecule has 2 aromatic rings. The molecule has 3 rings (SSSR count). The molecule has 1 aliphatic carbocycles. The molecular weight excluding hydrogens is 262 g/mol. The van der Waals surface area contributed by atoms with Gasteiger partial charge in [-0.3, -0.25) is 9.59 Å². The normalized spacial score (nSPS) is 12.6. The first kappa shape index (κ1) is 13.3. The van der Waals surface area contributed by atoms with Gasteiger partial charge in [0.05, 0.1) is 5.56 Å². The average Bonchev–Trinajstić information content (AvgIpc) is 2.52. The van der Waals surface area contributed by atoms with Crippen molar-refractivity contribution < 1.29 is 9.59 Å². The minimum Gasteiger partial charge on any atom is -0.370 e. The fourth-order valence-electron chi connectivity index (χ4n) is 2.74. The van der Waals surface area contributed by atoms with E-state index in [0.29, 0.717) is 28.8 Å². The molecule has 0 atom stereocenters. The summed E-state index contributed by atoms with van der Waals surface area (Å²) in [4.78, 5) is 27.3. The molecule has 0 saturated heterocycles. The molecule has 0 heterocycles. The molecule has 0 amide bonds. The summed E-state index contributed by atoms with van der Waals surface area (Å²) in [6.45, 7) is 4.33. The van der Waals surface area contributed by atoms with Crippen molar-refractivity contribution in [3.8, 4) is 0 Å². The van der Waals surface area contributed by atoms with E-state index in [9.17, 15) is 9.59 Å². The predicted octanol–water partition coefficient (Wildman–Crippen LogP) is 3.08. The first-order chi connectivity index (χ1) is 10.1. The molecule has 104 valence electrons. The monoisotopic (exact) mass is 277 g/mol. The van der Waals surface area contributed by atoms with E-state index in [1.54, 1.807) is 36.4 Å². The highest BCUT2D eigenvalue weighted by molar-refractivity contribution is 6.30. The number of anilines is 1. The van der Waals surface area contributed by atoms with E-state index in [1.807, 2.05) is 24.1 Å². The number of likely N-dealkylation sites (N-methyl/N-ethyl adjacent to an activating group) is 1. The Morgan fingerprint density at radius 1 is 0.952 bits per heavy atom. The van der Waals surface area contributed by atoms with Gasteiger partial charge in [0.2, 0.25) is 0 Å².